The minimum absolute atomic E-state index is 0.340. The number of aromatic nitrogens is 1. The summed E-state index contributed by atoms with van der Waals surface area (Å²) in [6.45, 7) is 0. The summed E-state index contributed by atoms with van der Waals surface area (Å²) in [6.07, 6.45) is -0.340. The largest absolute Gasteiger partial charge is 0.455 e. The predicted molar refractivity (Wildman–Crippen MR) is 210 cm³/mol. The molecule has 0 fully saturated rings. The average molecular weight is 668 g/mol. The minimum Gasteiger partial charge on any atom is -0.455 e. The van der Waals surface area contributed by atoms with Gasteiger partial charge >= 0.3 is 0 Å². The fraction of sp³-hybridized carbons (Fsp3) is 0.0217. The Labute approximate surface area is 299 Å². The Morgan fingerprint density at radius 1 is 0.596 bits per heavy atom. The molecule has 1 atom stereocenters. The zero-order chi connectivity index (χ0) is 34.6. The van der Waals surface area contributed by atoms with Gasteiger partial charge in [0.25, 0.3) is 0 Å². The Morgan fingerprint density at radius 2 is 1.33 bits per heavy atom. The molecule has 0 saturated carbocycles. The lowest BCUT2D eigenvalue weighted by Crippen LogP contribution is -2.33. The van der Waals surface area contributed by atoms with E-state index in [0.29, 0.717) is 17.2 Å². The summed E-state index contributed by atoms with van der Waals surface area (Å²) in [5.41, 5.74) is 10.2. The van der Waals surface area contributed by atoms with Crippen LogP contribution in [-0.4, -0.2) is 16.2 Å². The van der Waals surface area contributed by atoms with Gasteiger partial charge in [-0.3, -0.25) is 0 Å². The monoisotopic (exact) mass is 667 g/mol. The standard InChI is InChI=1S/C46H29N5O/c47-28-29-12-11-17-32(24-29)33-25-34(46-49-44(30-13-3-1-4-14-30)48-45(50-46)31-15-5-2-6-16-31)27-35(26-33)51-39-20-9-7-19-38(39)42-40(51)23-22-37-36-18-8-10-21-41(36)52-43(37)42/h1-27,44H,(H,48,49,50). The fourth-order valence-electron chi connectivity index (χ4n) is 7.44. The number of nitrogens with one attached hydrogen (secondary N) is 1. The Morgan fingerprint density at radius 3 is 2.17 bits per heavy atom. The van der Waals surface area contributed by atoms with Crippen LogP contribution in [0, 0.1) is 11.3 Å². The number of hydrogen-bond acceptors (Lipinski definition) is 5. The number of aliphatic imine (C=N–C) groups is 2. The number of nitrogens with zero attached hydrogens (tertiary/aromatic N) is 4. The summed E-state index contributed by atoms with van der Waals surface area (Å²) < 4.78 is 8.89. The SMILES string of the molecule is N#Cc1cccc(-c2cc(C3=NC(c4ccccc4)=NC(c4ccccc4)N3)cc(-n3c4ccccc4c4c5oc6ccccc6c5ccc43)c2)c1. The third kappa shape index (κ3) is 4.87. The Balaban J connectivity index is 1.24. The van der Waals surface area contributed by atoms with Gasteiger partial charge in [0, 0.05) is 33.0 Å². The van der Waals surface area contributed by atoms with E-state index in [0.717, 1.165) is 77.2 Å². The number of rotatable bonds is 5. The number of hydrogen-bond donors (Lipinski definition) is 1. The van der Waals surface area contributed by atoms with Crippen LogP contribution in [0.25, 0.3) is 60.6 Å². The van der Waals surface area contributed by atoms with Crippen LogP contribution in [0.15, 0.2) is 178 Å². The van der Waals surface area contributed by atoms with Gasteiger partial charge in [-0.2, -0.15) is 5.26 Å². The number of fused-ring (bicyclic) bond motifs is 7. The highest BCUT2D eigenvalue weighted by atomic mass is 16.3. The molecule has 1 aliphatic rings. The van der Waals surface area contributed by atoms with Crippen molar-refractivity contribution in [3.05, 3.63) is 186 Å². The van der Waals surface area contributed by atoms with Crippen molar-refractivity contribution < 1.29 is 4.42 Å². The lowest BCUT2D eigenvalue weighted by Gasteiger charge is -2.24. The van der Waals surface area contributed by atoms with Gasteiger partial charge in [-0.15, -0.1) is 0 Å². The van der Waals surface area contributed by atoms with Crippen LogP contribution in [0.4, 0.5) is 0 Å². The molecular formula is C46H29N5O. The van der Waals surface area contributed by atoms with Crippen molar-refractivity contribution in [1.82, 2.24) is 9.88 Å². The number of amidine groups is 2. The lowest BCUT2D eigenvalue weighted by atomic mass is 9.99. The average Bonchev–Trinajstić information content (AvgIpc) is 3.77. The summed E-state index contributed by atoms with van der Waals surface area (Å²) in [4.78, 5) is 10.2. The molecule has 1 N–H and O–H groups in total. The second-order valence-electron chi connectivity index (χ2n) is 13.0. The Hall–Kier alpha value is -7.23. The van der Waals surface area contributed by atoms with E-state index in [1.165, 1.54) is 0 Å². The van der Waals surface area contributed by atoms with Crippen molar-refractivity contribution in [3.63, 3.8) is 0 Å². The molecule has 0 amide bonds. The molecule has 10 rings (SSSR count). The quantitative estimate of drug-likeness (QED) is 0.198. The molecule has 0 bridgehead atoms. The maximum absolute atomic E-state index is 9.82. The molecule has 2 aromatic heterocycles. The number of para-hydroxylation sites is 2. The first kappa shape index (κ1) is 29.7. The molecule has 244 valence electrons. The highest BCUT2D eigenvalue weighted by Crippen LogP contribution is 2.41. The minimum atomic E-state index is -0.340. The topological polar surface area (TPSA) is 78.6 Å². The van der Waals surface area contributed by atoms with Gasteiger partial charge in [-0.1, -0.05) is 109 Å². The van der Waals surface area contributed by atoms with E-state index in [9.17, 15) is 5.26 Å². The molecule has 1 unspecified atom stereocenters. The first-order valence-electron chi connectivity index (χ1n) is 17.2. The van der Waals surface area contributed by atoms with Gasteiger partial charge in [0.05, 0.1) is 28.1 Å². The summed E-state index contributed by atoms with van der Waals surface area (Å²) in [6, 6.07) is 58.0. The van der Waals surface area contributed by atoms with E-state index in [-0.39, 0.29) is 6.17 Å². The molecule has 0 spiro atoms. The molecular weight excluding hydrogens is 639 g/mol. The molecule has 0 aliphatic carbocycles. The van der Waals surface area contributed by atoms with Crippen LogP contribution >= 0.6 is 0 Å². The summed E-state index contributed by atoms with van der Waals surface area (Å²) in [5, 5.41) is 17.8. The van der Waals surface area contributed by atoms with E-state index in [2.05, 4.69) is 94.8 Å². The van der Waals surface area contributed by atoms with Gasteiger partial charge in [0.15, 0.2) is 5.84 Å². The van der Waals surface area contributed by atoms with Gasteiger partial charge in [0.1, 0.15) is 23.2 Å². The van der Waals surface area contributed by atoms with Crippen molar-refractivity contribution in [1.29, 1.82) is 5.26 Å². The molecule has 0 radical (unpaired) electrons. The Bertz CT molecular complexity index is 2950. The molecule has 0 saturated heterocycles. The van der Waals surface area contributed by atoms with Crippen molar-refractivity contribution in [2.24, 2.45) is 9.98 Å². The normalized spacial score (nSPS) is 14.3. The summed E-state index contributed by atoms with van der Waals surface area (Å²) >= 11 is 0. The molecule has 6 heteroatoms. The smallest absolute Gasteiger partial charge is 0.159 e. The molecule has 3 heterocycles. The van der Waals surface area contributed by atoms with Gasteiger partial charge in [0.2, 0.25) is 0 Å². The van der Waals surface area contributed by atoms with Crippen molar-refractivity contribution in [2.75, 3.05) is 0 Å². The highest BCUT2D eigenvalue weighted by Gasteiger charge is 2.24. The first-order chi connectivity index (χ1) is 25.7. The van der Waals surface area contributed by atoms with Crippen molar-refractivity contribution in [2.45, 2.75) is 6.17 Å². The number of benzene rings is 7. The molecule has 52 heavy (non-hydrogen) atoms. The zero-order valence-electron chi connectivity index (χ0n) is 27.9. The maximum Gasteiger partial charge on any atom is 0.159 e. The van der Waals surface area contributed by atoms with Gasteiger partial charge in [-0.25, -0.2) is 9.98 Å². The fourth-order valence-corrected chi connectivity index (χ4v) is 7.44. The molecule has 1 aliphatic heterocycles. The van der Waals surface area contributed by atoms with Gasteiger partial charge in [-0.05, 0) is 71.3 Å². The highest BCUT2D eigenvalue weighted by molar-refractivity contribution is 6.24. The van der Waals surface area contributed by atoms with E-state index >= 15 is 0 Å². The van der Waals surface area contributed by atoms with Gasteiger partial charge < -0.3 is 14.3 Å². The predicted octanol–water partition coefficient (Wildman–Crippen LogP) is 10.7. The van der Waals surface area contributed by atoms with E-state index < -0.39 is 0 Å². The molecule has 6 nitrogen and oxygen atoms in total. The molecule has 7 aromatic carbocycles. The van der Waals surface area contributed by atoms with Crippen LogP contribution in [-0.2, 0) is 0 Å². The van der Waals surface area contributed by atoms with Crippen molar-refractivity contribution in [3.8, 4) is 22.9 Å². The van der Waals surface area contributed by atoms with E-state index in [1.807, 2.05) is 84.9 Å². The Kier molecular flexibility index (Phi) is 6.83. The van der Waals surface area contributed by atoms with Crippen LogP contribution in [0.2, 0.25) is 0 Å². The van der Waals surface area contributed by atoms with Crippen LogP contribution in [0.5, 0.6) is 0 Å². The third-order valence-electron chi connectivity index (χ3n) is 9.84. The second kappa shape index (κ2) is 12.0. The summed E-state index contributed by atoms with van der Waals surface area (Å²) in [5.74, 6) is 1.37. The van der Waals surface area contributed by atoms with Crippen LogP contribution in [0.1, 0.15) is 28.4 Å². The second-order valence-corrected chi connectivity index (χ2v) is 13.0. The summed E-state index contributed by atoms with van der Waals surface area (Å²) in [7, 11) is 0. The first-order valence-corrected chi connectivity index (χ1v) is 17.2. The van der Waals surface area contributed by atoms with E-state index in [4.69, 9.17) is 14.4 Å². The third-order valence-corrected chi connectivity index (χ3v) is 9.84. The maximum atomic E-state index is 9.82. The van der Waals surface area contributed by atoms with Crippen LogP contribution in [0.3, 0.4) is 0 Å². The number of furan rings is 1. The number of nitriles is 1. The van der Waals surface area contributed by atoms with Crippen LogP contribution < -0.4 is 5.32 Å². The molecule has 9 aromatic rings. The zero-order valence-corrected chi connectivity index (χ0v) is 27.9. The lowest BCUT2D eigenvalue weighted by molar-refractivity contribution is 0.673. The van der Waals surface area contributed by atoms with E-state index in [1.54, 1.807) is 0 Å². The van der Waals surface area contributed by atoms with Crippen molar-refractivity contribution >= 4 is 55.4 Å².